The van der Waals surface area contributed by atoms with Gasteiger partial charge in [-0.05, 0) is 32.9 Å². The van der Waals surface area contributed by atoms with Crippen LogP contribution in [0.1, 0.15) is 31.1 Å². The SMILES string of the molecule is CC(C)(C)OC(=O)NOC(=O)c1ccccc1. The van der Waals surface area contributed by atoms with Crippen LogP contribution in [0.15, 0.2) is 30.3 Å². The standard InChI is InChI=1S/C12H15NO4/c1-12(2,3)16-11(15)13-17-10(14)9-7-5-4-6-8-9/h4-8H,1-3H3,(H,13,15). The van der Waals surface area contributed by atoms with E-state index < -0.39 is 17.7 Å². The van der Waals surface area contributed by atoms with Crippen molar-refractivity contribution in [2.75, 3.05) is 0 Å². The molecule has 0 aliphatic rings. The van der Waals surface area contributed by atoms with Gasteiger partial charge in [-0.1, -0.05) is 18.2 Å². The molecule has 0 heterocycles. The monoisotopic (exact) mass is 237 g/mol. The minimum absolute atomic E-state index is 0.351. The highest BCUT2D eigenvalue weighted by Gasteiger charge is 2.17. The van der Waals surface area contributed by atoms with Crippen LogP contribution in [-0.2, 0) is 9.57 Å². The third-order valence-electron chi connectivity index (χ3n) is 1.64. The molecule has 1 aromatic carbocycles. The molecular weight excluding hydrogens is 222 g/mol. The van der Waals surface area contributed by atoms with Gasteiger partial charge in [-0.25, -0.2) is 9.59 Å². The minimum atomic E-state index is -0.804. The summed E-state index contributed by atoms with van der Waals surface area (Å²) in [5.41, 5.74) is 1.64. The van der Waals surface area contributed by atoms with Gasteiger partial charge in [0.1, 0.15) is 5.60 Å². The number of nitrogens with one attached hydrogen (secondary N) is 1. The quantitative estimate of drug-likeness (QED) is 0.761. The van der Waals surface area contributed by atoms with Gasteiger partial charge < -0.3 is 9.57 Å². The van der Waals surface area contributed by atoms with E-state index in [1.54, 1.807) is 51.1 Å². The van der Waals surface area contributed by atoms with E-state index in [4.69, 9.17) is 4.74 Å². The molecule has 0 unspecified atom stereocenters. The Morgan fingerprint density at radius 3 is 2.24 bits per heavy atom. The fourth-order valence-corrected chi connectivity index (χ4v) is 1.02. The van der Waals surface area contributed by atoms with E-state index in [9.17, 15) is 9.59 Å². The van der Waals surface area contributed by atoms with E-state index in [0.717, 1.165) is 0 Å². The van der Waals surface area contributed by atoms with Crippen LogP contribution in [-0.4, -0.2) is 17.7 Å². The van der Waals surface area contributed by atoms with Crippen molar-refractivity contribution in [3.63, 3.8) is 0 Å². The molecule has 5 heteroatoms. The molecule has 1 rings (SSSR count). The third-order valence-corrected chi connectivity index (χ3v) is 1.64. The van der Waals surface area contributed by atoms with Gasteiger partial charge in [-0.15, -0.1) is 5.48 Å². The van der Waals surface area contributed by atoms with Crippen molar-refractivity contribution in [2.24, 2.45) is 0 Å². The molecule has 0 aromatic heterocycles. The first-order valence-corrected chi connectivity index (χ1v) is 5.14. The molecular formula is C12H15NO4. The molecule has 92 valence electrons. The van der Waals surface area contributed by atoms with Crippen molar-refractivity contribution in [1.29, 1.82) is 0 Å². The summed E-state index contributed by atoms with van der Waals surface area (Å²) in [5, 5.41) is 0. The van der Waals surface area contributed by atoms with E-state index >= 15 is 0 Å². The zero-order valence-corrected chi connectivity index (χ0v) is 10.0. The second-order valence-corrected chi connectivity index (χ2v) is 4.36. The average molecular weight is 237 g/mol. The lowest BCUT2D eigenvalue weighted by molar-refractivity contribution is -0.00129. The van der Waals surface area contributed by atoms with Gasteiger partial charge in [0.2, 0.25) is 0 Å². The zero-order chi connectivity index (χ0) is 12.9. The number of hydrogen-bond acceptors (Lipinski definition) is 4. The normalized spacial score (nSPS) is 10.5. The molecule has 0 aliphatic heterocycles. The highest BCUT2D eigenvalue weighted by Crippen LogP contribution is 2.06. The number of carbonyl (C=O) groups excluding carboxylic acids is 2. The van der Waals surface area contributed by atoms with E-state index in [-0.39, 0.29) is 0 Å². The molecule has 0 saturated carbocycles. The van der Waals surface area contributed by atoms with E-state index in [0.29, 0.717) is 5.56 Å². The molecule has 1 amide bonds. The van der Waals surface area contributed by atoms with Crippen molar-refractivity contribution >= 4 is 12.1 Å². The molecule has 0 atom stereocenters. The fourth-order valence-electron chi connectivity index (χ4n) is 1.02. The van der Waals surface area contributed by atoms with Crippen LogP contribution < -0.4 is 5.48 Å². The van der Waals surface area contributed by atoms with Gasteiger partial charge in [0, 0.05) is 0 Å². The largest absolute Gasteiger partial charge is 0.442 e. The highest BCUT2D eigenvalue weighted by atomic mass is 16.7. The minimum Gasteiger partial charge on any atom is -0.442 e. The van der Waals surface area contributed by atoms with Crippen LogP contribution in [0.5, 0.6) is 0 Å². The van der Waals surface area contributed by atoms with E-state index in [1.165, 1.54) is 0 Å². The molecule has 5 nitrogen and oxygen atoms in total. The molecule has 0 saturated heterocycles. The first kappa shape index (κ1) is 13.0. The number of rotatable bonds is 1. The van der Waals surface area contributed by atoms with Gasteiger partial charge in [0.05, 0.1) is 5.56 Å². The van der Waals surface area contributed by atoms with Gasteiger partial charge in [-0.2, -0.15) is 0 Å². The van der Waals surface area contributed by atoms with E-state index in [2.05, 4.69) is 4.84 Å². The Balaban J connectivity index is 2.42. The Hall–Kier alpha value is -2.04. The number of hydrogen-bond donors (Lipinski definition) is 1. The van der Waals surface area contributed by atoms with Crippen molar-refractivity contribution < 1.29 is 19.2 Å². The van der Waals surface area contributed by atoms with Crippen molar-refractivity contribution in [3.05, 3.63) is 35.9 Å². The summed E-state index contributed by atoms with van der Waals surface area (Å²) in [5.74, 6) is -0.642. The zero-order valence-electron chi connectivity index (χ0n) is 10.0. The maximum atomic E-state index is 11.4. The smallest absolute Gasteiger partial charge is 0.441 e. The van der Waals surface area contributed by atoms with E-state index in [1.807, 2.05) is 5.48 Å². The van der Waals surface area contributed by atoms with Gasteiger partial charge in [-0.3, -0.25) is 0 Å². The fraction of sp³-hybridized carbons (Fsp3) is 0.333. The number of ether oxygens (including phenoxy) is 1. The van der Waals surface area contributed by atoms with Crippen LogP contribution in [0.3, 0.4) is 0 Å². The maximum Gasteiger partial charge on any atom is 0.441 e. The van der Waals surface area contributed by atoms with Gasteiger partial charge >= 0.3 is 12.1 Å². The van der Waals surface area contributed by atoms with Crippen LogP contribution in [0.25, 0.3) is 0 Å². The molecule has 0 aliphatic carbocycles. The number of hydroxylamine groups is 1. The summed E-state index contributed by atoms with van der Waals surface area (Å²) in [7, 11) is 0. The Bertz CT molecular complexity index is 395. The van der Waals surface area contributed by atoms with Crippen LogP contribution >= 0.6 is 0 Å². The first-order chi connectivity index (χ1) is 7.88. The lowest BCUT2D eigenvalue weighted by Gasteiger charge is -2.19. The highest BCUT2D eigenvalue weighted by molar-refractivity contribution is 5.89. The Morgan fingerprint density at radius 1 is 1.12 bits per heavy atom. The summed E-state index contributed by atoms with van der Waals surface area (Å²) in [6.07, 6.45) is -0.804. The molecule has 1 aromatic rings. The summed E-state index contributed by atoms with van der Waals surface area (Å²) in [6.45, 7) is 5.14. The van der Waals surface area contributed by atoms with Crippen molar-refractivity contribution in [1.82, 2.24) is 5.48 Å². The summed E-state index contributed by atoms with van der Waals surface area (Å²) < 4.78 is 4.90. The van der Waals surface area contributed by atoms with Gasteiger partial charge in [0.25, 0.3) is 0 Å². The number of benzene rings is 1. The Labute approximate surface area is 99.7 Å². The summed E-state index contributed by atoms with van der Waals surface area (Å²) >= 11 is 0. The molecule has 0 fully saturated rings. The lowest BCUT2D eigenvalue weighted by Crippen LogP contribution is -2.34. The van der Waals surface area contributed by atoms with Crippen LogP contribution in [0, 0.1) is 0 Å². The molecule has 0 bridgehead atoms. The topological polar surface area (TPSA) is 64.6 Å². The maximum absolute atomic E-state index is 11.4. The van der Waals surface area contributed by atoms with Crippen LogP contribution in [0.2, 0.25) is 0 Å². The van der Waals surface area contributed by atoms with Crippen molar-refractivity contribution in [2.45, 2.75) is 26.4 Å². The molecule has 0 radical (unpaired) electrons. The number of carbonyl (C=O) groups is 2. The molecule has 17 heavy (non-hydrogen) atoms. The predicted octanol–water partition coefficient (Wildman–Crippen LogP) is 2.28. The van der Waals surface area contributed by atoms with Crippen molar-refractivity contribution in [3.8, 4) is 0 Å². The molecule has 1 N–H and O–H groups in total. The average Bonchev–Trinajstić information content (AvgIpc) is 2.25. The second kappa shape index (κ2) is 5.34. The molecule has 0 spiro atoms. The summed E-state index contributed by atoms with van der Waals surface area (Å²) in [6, 6.07) is 8.34. The third kappa shape index (κ3) is 5.01. The Morgan fingerprint density at radius 2 is 1.71 bits per heavy atom. The predicted molar refractivity (Wildman–Crippen MR) is 61.2 cm³/mol. The van der Waals surface area contributed by atoms with Crippen LogP contribution in [0.4, 0.5) is 4.79 Å². The second-order valence-electron chi connectivity index (χ2n) is 4.36. The number of amides is 1. The lowest BCUT2D eigenvalue weighted by atomic mass is 10.2. The summed E-state index contributed by atoms with van der Waals surface area (Å²) in [4.78, 5) is 27.2. The van der Waals surface area contributed by atoms with Gasteiger partial charge in [0.15, 0.2) is 0 Å². The Kier molecular flexibility index (Phi) is 4.09. The first-order valence-electron chi connectivity index (χ1n) is 5.14.